The van der Waals surface area contributed by atoms with E-state index in [2.05, 4.69) is 15.9 Å². The molecule has 0 amide bonds. The molecule has 0 aliphatic carbocycles. The second-order valence-electron chi connectivity index (χ2n) is 4.10. The Hall–Kier alpha value is -0.150. The molecular weight excluding hydrogens is 248 g/mol. The van der Waals surface area contributed by atoms with E-state index < -0.39 is 0 Å². The number of carbonyl (C=O) groups is 1. The first-order valence-electron chi connectivity index (χ1n) is 4.13. The smallest absolute Gasteiger partial charge is 0.169 e. The van der Waals surface area contributed by atoms with Crippen LogP contribution in [0.4, 0.5) is 0 Å². The number of hydrogen-bond donors (Lipinski definition) is 0. The molecule has 1 heterocycles. The summed E-state index contributed by atoms with van der Waals surface area (Å²) in [5, 5.41) is 0. The van der Waals surface area contributed by atoms with Crippen LogP contribution < -0.4 is 0 Å². The Morgan fingerprint density at radius 3 is 2.31 bits per heavy atom. The summed E-state index contributed by atoms with van der Waals surface area (Å²) < 4.78 is 1.03. The van der Waals surface area contributed by atoms with Crippen LogP contribution in [0.3, 0.4) is 0 Å². The molecule has 0 radical (unpaired) electrons. The Morgan fingerprint density at radius 1 is 1.46 bits per heavy atom. The maximum Gasteiger partial charge on any atom is 0.169 e. The fourth-order valence-electron chi connectivity index (χ4n) is 1.08. The van der Waals surface area contributed by atoms with Gasteiger partial charge in [-0.2, -0.15) is 0 Å². The van der Waals surface area contributed by atoms with E-state index in [4.69, 9.17) is 0 Å². The standard InChI is InChI=1S/C10H13BrOS/c1-6-7(5-8(11)13-6)9(12)10(2,3)4/h5H,1-4H3. The molecule has 0 saturated heterocycles. The Morgan fingerprint density at radius 2 is 2.00 bits per heavy atom. The predicted octanol–water partition coefficient (Wildman–Crippen LogP) is 4.05. The third-order valence-corrected chi connectivity index (χ3v) is 3.37. The van der Waals surface area contributed by atoms with Gasteiger partial charge in [0.25, 0.3) is 0 Å². The predicted molar refractivity (Wildman–Crippen MR) is 60.5 cm³/mol. The van der Waals surface area contributed by atoms with Crippen LogP contribution in [-0.4, -0.2) is 5.78 Å². The minimum absolute atomic E-state index is 0.215. The summed E-state index contributed by atoms with van der Waals surface area (Å²) in [6.45, 7) is 7.81. The van der Waals surface area contributed by atoms with Crippen LogP contribution in [0.25, 0.3) is 0 Å². The number of Topliss-reactive ketones (excluding diaryl/α,β-unsaturated/α-hetero) is 1. The zero-order chi connectivity index (χ0) is 10.2. The lowest BCUT2D eigenvalue weighted by atomic mass is 9.87. The SMILES string of the molecule is Cc1sc(Br)cc1C(=O)C(C)(C)C. The average Bonchev–Trinajstić information content (AvgIpc) is 2.26. The van der Waals surface area contributed by atoms with Crippen LogP contribution in [0.5, 0.6) is 0 Å². The van der Waals surface area contributed by atoms with E-state index in [1.54, 1.807) is 11.3 Å². The monoisotopic (exact) mass is 260 g/mol. The van der Waals surface area contributed by atoms with Gasteiger partial charge in [0.15, 0.2) is 5.78 Å². The Labute approximate surface area is 91.3 Å². The largest absolute Gasteiger partial charge is 0.294 e. The van der Waals surface area contributed by atoms with Crippen molar-refractivity contribution in [1.29, 1.82) is 0 Å². The minimum atomic E-state index is -0.286. The Balaban J connectivity index is 3.09. The molecule has 3 heteroatoms. The van der Waals surface area contributed by atoms with Crippen molar-refractivity contribution in [2.45, 2.75) is 27.7 Å². The fourth-order valence-corrected chi connectivity index (χ4v) is 2.76. The summed E-state index contributed by atoms with van der Waals surface area (Å²) in [5.41, 5.74) is 0.565. The first-order valence-corrected chi connectivity index (χ1v) is 5.74. The minimum Gasteiger partial charge on any atom is -0.294 e. The van der Waals surface area contributed by atoms with Gasteiger partial charge in [0, 0.05) is 15.9 Å². The van der Waals surface area contributed by atoms with Gasteiger partial charge in [0.2, 0.25) is 0 Å². The maximum absolute atomic E-state index is 11.9. The highest BCUT2D eigenvalue weighted by molar-refractivity contribution is 9.11. The van der Waals surface area contributed by atoms with Crippen molar-refractivity contribution < 1.29 is 4.79 Å². The van der Waals surface area contributed by atoms with Gasteiger partial charge in [-0.25, -0.2) is 0 Å². The quantitative estimate of drug-likeness (QED) is 0.697. The van der Waals surface area contributed by atoms with E-state index in [1.165, 1.54) is 0 Å². The molecule has 1 nitrogen and oxygen atoms in total. The number of aryl methyl sites for hydroxylation is 1. The lowest BCUT2D eigenvalue weighted by molar-refractivity contribution is 0.0858. The van der Waals surface area contributed by atoms with Crippen LogP contribution in [-0.2, 0) is 0 Å². The molecule has 0 unspecified atom stereocenters. The molecule has 0 spiro atoms. The second-order valence-corrected chi connectivity index (χ2v) is 6.74. The van der Waals surface area contributed by atoms with Gasteiger partial charge < -0.3 is 0 Å². The van der Waals surface area contributed by atoms with Gasteiger partial charge in [-0.1, -0.05) is 20.8 Å². The molecule has 0 N–H and O–H groups in total. The van der Waals surface area contributed by atoms with E-state index >= 15 is 0 Å². The molecule has 0 fully saturated rings. The third-order valence-electron chi connectivity index (χ3n) is 1.81. The average molecular weight is 261 g/mol. The van der Waals surface area contributed by atoms with Crippen LogP contribution in [0.1, 0.15) is 36.0 Å². The van der Waals surface area contributed by atoms with E-state index in [9.17, 15) is 4.79 Å². The molecule has 0 bridgehead atoms. The van der Waals surface area contributed by atoms with Crippen molar-refractivity contribution in [2.24, 2.45) is 5.41 Å². The topological polar surface area (TPSA) is 17.1 Å². The van der Waals surface area contributed by atoms with Crippen LogP contribution in [0.2, 0.25) is 0 Å². The third kappa shape index (κ3) is 2.41. The molecule has 1 aromatic rings. The van der Waals surface area contributed by atoms with Crippen molar-refractivity contribution in [3.8, 4) is 0 Å². The van der Waals surface area contributed by atoms with Gasteiger partial charge in [0.1, 0.15) is 0 Å². The van der Waals surface area contributed by atoms with Gasteiger partial charge in [-0.15, -0.1) is 11.3 Å². The Kier molecular flexibility index (Phi) is 2.98. The number of carbonyl (C=O) groups excluding carboxylic acids is 1. The lowest BCUT2D eigenvalue weighted by Crippen LogP contribution is -2.20. The molecule has 0 aromatic carbocycles. The fraction of sp³-hybridized carbons (Fsp3) is 0.500. The zero-order valence-electron chi connectivity index (χ0n) is 8.27. The van der Waals surface area contributed by atoms with Gasteiger partial charge in [-0.3, -0.25) is 4.79 Å². The van der Waals surface area contributed by atoms with E-state index in [1.807, 2.05) is 33.8 Å². The summed E-state index contributed by atoms with van der Waals surface area (Å²) >= 11 is 4.99. The number of rotatable bonds is 1. The summed E-state index contributed by atoms with van der Waals surface area (Å²) in [5.74, 6) is 0.215. The molecule has 72 valence electrons. The molecule has 0 aliphatic rings. The van der Waals surface area contributed by atoms with Crippen LogP contribution in [0, 0.1) is 12.3 Å². The van der Waals surface area contributed by atoms with Crippen molar-refractivity contribution in [2.75, 3.05) is 0 Å². The normalized spacial score (nSPS) is 11.8. The molecule has 1 rings (SSSR count). The summed E-state index contributed by atoms with van der Waals surface area (Å²) in [7, 11) is 0. The van der Waals surface area contributed by atoms with Crippen molar-refractivity contribution in [3.63, 3.8) is 0 Å². The molecular formula is C10H13BrOS. The van der Waals surface area contributed by atoms with Crippen LogP contribution >= 0.6 is 27.3 Å². The summed E-state index contributed by atoms with van der Waals surface area (Å²) in [6, 6.07) is 1.91. The van der Waals surface area contributed by atoms with E-state index in [0.29, 0.717) is 0 Å². The first-order chi connectivity index (χ1) is 5.82. The van der Waals surface area contributed by atoms with Gasteiger partial charge in [-0.05, 0) is 28.9 Å². The Bertz CT molecular complexity index is 333. The molecule has 1 aromatic heterocycles. The summed E-state index contributed by atoms with van der Waals surface area (Å²) in [6.07, 6.45) is 0. The molecule has 13 heavy (non-hydrogen) atoms. The maximum atomic E-state index is 11.9. The van der Waals surface area contributed by atoms with Crippen molar-refractivity contribution in [1.82, 2.24) is 0 Å². The highest BCUT2D eigenvalue weighted by Gasteiger charge is 2.25. The first kappa shape index (κ1) is 10.9. The van der Waals surface area contributed by atoms with E-state index in [0.717, 1.165) is 14.2 Å². The molecule has 0 aliphatic heterocycles. The van der Waals surface area contributed by atoms with E-state index in [-0.39, 0.29) is 11.2 Å². The highest BCUT2D eigenvalue weighted by atomic mass is 79.9. The number of halogens is 1. The van der Waals surface area contributed by atoms with Crippen LogP contribution in [0.15, 0.2) is 9.85 Å². The van der Waals surface area contributed by atoms with Crippen molar-refractivity contribution >= 4 is 33.0 Å². The van der Waals surface area contributed by atoms with Gasteiger partial charge >= 0.3 is 0 Å². The number of thiophene rings is 1. The van der Waals surface area contributed by atoms with Crippen molar-refractivity contribution in [3.05, 3.63) is 20.3 Å². The number of ketones is 1. The molecule has 0 saturated carbocycles. The lowest BCUT2D eigenvalue weighted by Gasteiger charge is -2.15. The molecule has 0 atom stereocenters. The van der Waals surface area contributed by atoms with Gasteiger partial charge in [0.05, 0.1) is 3.79 Å². The highest BCUT2D eigenvalue weighted by Crippen LogP contribution is 2.31. The zero-order valence-corrected chi connectivity index (χ0v) is 10.7. The summed E-state index contributed by atoms with van der Waals surface area (Å²) in [4.78, 5) is 13.0. The second kappa shape index (κ2) is 3.54. The number of hydrogen-bond acceptors (Lipinski definition) is 2.